The summed E-state index contributed by atoms with van der Waals surface area (Å²) in [5.74, 6) is -0.0455. The van der Waals surface area contributed by atoms with Crippen molar-refractivity contribution in [2.45, 2.75) is 32.6 Å². The Bertz CT molecular complexity index is 1060. The number of amides is 2. The molecule has 2 heterocycles. The lowest BCUT2D eigenvalue weighted by molar-refractivity contribution is -0.117. The number of anilines is 2. The fourth-order valence-corrected chi connectivity index (χ4v) is 4.50. The van der Waals surface area contributed by atoms with Crippen LogP contribution in [0, 0.1) is 12.8 Å². The number of halogens is 1. The minimum atomic E-state index is -0.186. The summed E-state index contributed by atoms with van der Waals surface area (Å²) in [7, 11) is 0. The summed E-state index contributed by atoms with van der Waals surface area (Å²) in [6.45, 7) is 1.97. The Hall–Kier alpha value is -2.29. The third-order valence-corrected chi connectivity index (χ3v) is 6.61. The summed E-state index contributed by atoms with van der Waals surface area (Å²) >= 11 is 8.95. The normalized spacial score (nSPS) is 13.3. The molecule has 4 rings (SSSR count). The fourth-order valence-electron chi connectivity index (χ4n) is 2.72. The number of nitrogens with one attached hydrogen (secondary N) is 2. The Balaban J connectivity index is 1.30. The number of hydrogen-bond acceptors (Lipinski definition) is 6. The summed E-state index contributed by atoms with van der Waals surface area (Å²) in [5, 5.41) is 9.24. The largest absolute Gasteiger partial charge is 0.302 e. The van der Waals surface area contributed by atoms with E-state index in [9.17, 15) is 9.59 Å². The Morgan fingerprint density at radius 3 is 2.83 bits per heavy atom. The van der Waals surface area contributed by atoms with Gasteiger partial charge in [0.25, 0.3) is 0 Å². The first-order valence-corrected chi connectivity index (χ1v) is 11.3. The molecule has 3 aromatic rings. The van der Waals surface area contributed by atoms with Crippen molar-refractivity contribution in [1.82, 2.24) is 9.97 Å². The number of benzene rings is 1. The standard InChI is InChI=1S/C20H19ClN4O2S2/c1-11-2-3-12(7-16(11)21)6-15-9-22-19(29-15)24-17(26)8-14-10-28-20(23-14)25-18(27)13-4-5-13/h2-3,7,9-10,13H,4-6,8H2,1H3,(H,22,24,26)(H,23,25,27). The minimum Gasteiger partial charge on any atom is -0.302 e. The van der Waals surface area contributed by atoms with Crippen LogP contribution in [0.15, 0.2) is 29.8 Å². The van der Waals surface area contributed by atoms with Gasteiger partial charge in [0.15, 0.2) is 10.3 Å². The van der Waals surface area contributed by atoms with Crippen molar-refractivity contribution in [2.75, 3.05) is 10.6 Å². The first kappa shape index (κ1) is 20.0. The SMILES string of the molecule is Cc1ccc(Cc2cnc(NC(=O)Cc3csc(NC(=O)C4CC4)n3)s2)cc1Cl. The summed E-state index contributed by atoms with van der Waals surface area (Å²) in [6.07, 6.45) is 4.50. The predicted molar refractivity (Wildman–Crippen MR) is 117 cm³/mol. The van der Waals surface area contributed by atoms with Crippen molar-refractivity contribution in [1.29, 1.82) is 0 Å². The molecule has 0 saturated heterocycles. The Labute approximate surface area is 181 Å². The second-order valence-electron chi connectivity index (χ2n) is 7.02. The van der Waals surface area contributed by atoms with Crippen LogP contribution in [0.3, 0.4) is 0 Å². The zero-order chi connectivity index (χ0) is 20.4. The number of aryl methyl sites for hydroxylation is 1. The maximum Gasteiger partial charge on any atom is 0.232 e. The maximum absolute atomic E-state index is 12.3. The third kappa shape index (κ3) is 5.41. The van der Waals surface area contributed by atoms with E-state index in [-0.39, 0.29) is 24.2 Å². The molecule has 0 radical (unpaired) electrons. The summed E-state index contributed by atoms with van der Waals surface area (Å²) in [5.41, 5.74) is 2.78. The Morgan fingerprint density at radius 1 is 1.24 bits per heavy atom. The van der Waals surface area contributed by atoms with E-state index in [0.717, 1.165) is 33.9 Å². The van der Waals surface area contributed by atoms with Crippen molar-refractivity contribution >= 4 is 56.4 Å². The minimum absolute atomic E-state index is 0.0144. The van der Waals surface area contributed by atoms with Gasteiger partial charge in [-0.25, -0.2) is 9.97 Å². The number of carbonyl (C=O) groups excluding carboxylic acids is 2. The molecule has 0 unspecified atom stereocenters. The van der Waals surface area contributed by atoms with Crippen LogP contribution in [0.5, 0.6) is 0 Å². The van der Waals surface area contributed by atoms with Gasteiger partial charge in [0.05, 0.1) is 12.1 Å². The number of carbonyl (C=O) groups is 2. The van der Waals surface area contributed by atoms with E-state index in [4.69, 9.17) is 11.6 Å². The Morgan fingerprint density at radius 2 is 2.07 bits per heavy atom. The molecule has 6 nitrogen and oxygen atoms in total. The number of hydrogen-bond donors (Lipinski definition) is 2. The van der Waals surface area contributed by atoms with Gasteiger partial charge >= 0.3 is 0 Å². The second kappa shape index (κ2) is 8.61. The van der Waals surface area contributed by atoms with Gasteiger partial charge in [0.2, 0.25) is 11.8 Å². The fraction of sp³-hybridized carbons (Fsp3) is 0.300. The van der Waals surface area contributed by atoms with E-state index in [2.05, 4.69) is 20.6 Å². The van der Waals surface area contributed by atoms with E-state index in [0.29, 0.717) is 22.4 Å². The van der Waals surface area contributed by atoms with Gasteiger partial charge in [0, 0.05) is 33.8 Å². The van der Waals surface area contributed by atoms with E-state index in [1.165, 1.54) is 22.7 Å². The molecule has 0 aliphatic heterocycles. The van der Waals surface area contributed by atoms with Crippen LogP contribution in [-0.2, 0) is 22.4 Å². The first-order chi connectivity index (χ1) is 14.0. The van der Waals surface area contributed by atoms with Crippen molar-refractivity contribution < 1.29 is 9.59 Å². The zero-order valence-electron chi connectivity index (χ0n) is 15.7. The summed E-state index contributed by atoms with van der Waals surface area (Å²) in [4.78, 5) is 33.7. The van der Waals surface area contributed by atoms with Crippen molar-refractivity contribution in [2.24, 2.45) is 5.92 Å². The van der Waals surface area contributed by atoms with Gasteiger partial charge in [-0.05, 0) is 37.0 Å². The molecular weight excluding hydrogens is 428 g/mol. The molecule has 0 atom stereocenters. The van der Waals surface area contributed by atoms with Gasteiger partial charge < -0.3 is 10.6 Å². The zero-order valence-corrected chi connectivity index (χ0v) is 18.1. The molecule has 150 valence electrons. The maximum atomic E-state index is 12.3. The van der Waals surface area contributed by atoms with Crippen LogP contribution in [0.1, 0.15) is 34.5 Å². The molecule has 9 heteroatoms. The molecule has 1 fully saturated rings. The molecule has 0 spiro atoms. The smallest absolute Gasteiger partial charge is 0.232 e. The number of nitrogens with zero attached hydrogens (tertiary/aromatic N) is 2. The van der Waals surface area contributed by atoms with E-state index in [1.54, 1.807) is 11.6 Å². The van der Waals surface area contributed by atoms with E-state index < -0.39 is 0 Å². The number of aromatic nitrogens is 2. The Kier molecular flexibility index (Phi) is 5.94. The monoisotopic (exact) mass is 446 g/mol. The molecule has 1 aliphatic carbocycles. The van der Waals surface area contributed by atoms with Crippen molar-refractivity contribution in [3.63, 3.8) is 0 Å². The molecule has 2 N–H and O–H groups in total. The van der Waals surface area contributed by atoms with Crippen molar-refractivity contribution in [3.8, 4) is 0 Å². The highest BCUT2D eigenvalue weighted by atomic mass is 35.5. The second-order valence-corrected chi connectivity index (χ2v) is 9.41. The van der Waals surface area contributed by atoms with Gasteiger partial charge in [-0.2, -0.15) is 0 Å². The highest BCUT2D eigenvalue weighted by Gasteiger charge is 2.30. The van der Waals surface area contributed by atoms with Crippen molar-refractivity contribution in [3.05, 3.63) is 56.5 Å². The molecule has 29 heavy (non-hydrogen) atoms. The molecule has 1 aromatic carbocycles. The van der Waals surface area contributed by atoms with Crippen LogP contribution in [-0.4, -0.2) is 21.8 Å². The lowest BCUT2D eigenvalue weighted by Crippen LogP contribution is -2.15. The molecule has 0 bridgehead atoms. The summed E-state index contributed by atoms with van der Waals surface area (Å²) in [6, 6.07) is 5.99. The topological polar surface area (TPSA) is 84.0 Å². The van der Waals surface area contributed by atoms with E-state index >= 15 is 0 Å². The number of rotatable bonds is 7. The molecule has 2 aromatic heterocycles. The average molecular weight is 447 g/mol. The lowest BCUT2D eigenvalue weighted by atomic mass is 10.1. The van der Waals surface area contributed by atoms with Gasteiger partial charge in [-0.3, -0.25) is 9.59 Å². The highest BCUT2D eigenvalue weighted by molar-refractivity contribution is 7.15. The highest BCUT2D eigenvalue weighted by Crippen LogP contribution is 2.30. The number of thiazole rings is 2. The van der Waals surface area contributed by atoms with Gasteiger partial charge in [-0.1, -0.05) is 23.7 Å². The van der Waals surface area contributed by atoms with Crippen LogP contribution >= 0.6 is 34.3 Å². The summed E-state index contributed by atoms with van der Waals surface area (Å²) < 4.78 is 0. The van der Waals surface area contributed by atoms with E-state index in [1.807, 2.05) is 25.1 Å². The lowest BCUT2D eigenvalue weighted by Gasteiger charge is -2.02. The quantitative estimate of drug-likeness (QED) is 0.551. The van der Waals surface area contributed by atoms with Gasteiger partial charge in [-0.15, -0.1) is 22.7 Å². The predicted octanol–water partition coefficient (Wildman–Crippen LogP) is 4.68. The first-order valence-electron chi connectivity index (χ1n) is 9.21. The third-order valence-electron chi connectivity index (χ3n) is 4.49. The molecule has 2 amide bonds. The average Bonchev–Trinajstić information content (AvgIpc) is 3.31. The van der Waals surface area contributed by atoms with Crippen LogP contribution < -0.4 is 10.6 Å². The molecule has 1 saturated carbocycles. The van der Waals surface area contributed by atoms with Crippen LogP contribution in [0.2, 0.25) is 5.02 Å². The molecule has 1 aliphatic rings. The molecular formula is C20H19ClN4O2S2. The van der Waals surface area contributed by atoms with Crippen LogP contribution in [0.25, 0.3) is 0 Å². The van der Waals surface area contributed by atoms with Gasteiger partial charge in [0.1, 0.15) is 0 Å². The van der Waals surface area contributed by atoms with Crippen LogP contribution in [0.4, 0.5) is 10.3 Å².